The molecule has 2 aromatic carbocycles. The lowest BCUT2D eigenvalue weighted by Crippen LogP contribution is -2.40. The molecular formula is C22H24N4O. The average molecular weight is 360 g/mol. The summed E-state index contributed by atoms with van der Waals surface area (Å²) in [7, 11) is 0. The second kappa shape index (κ2) is 7.76. The molecule has 1 atom stereocenters. The molecule has 1 saturated heterocycles. The predicted octanol–water partition coefficient (Wildman–Crippen LogP) is 3.24. The molecule has 0 radical (unpaired) electrons. The fourth-order valence-corrected chi connectivity index (χ4v) is 3.75. The Labute approximate surface area is 159 Å². The molecule has 0 aliphatic carbocycles. The van der Waals surface area contributed by atoms with Crippen molar-refractivity contribution in [1.82, 2.24) is 14.7 Å². The van der Waals surface area contributed by atoms with Crippen LogP contribution in [0.3, 0.4) is 0 Å². The zero-order valence-electron chi connectivity index (χ0n) is 15.3. The molecule has 0 saturated carbocycles. The van der Waals surface area contributed by atoms with Gasteiger partial charge in [0.2, 0.25) is 5.91 Å². The van der Waals surface area contributed by atoms with Gasteiger partial charge in [0.25, 0.3) is 0 Å². The fraction of sp³-hybridized carbons (Fsp3) is 0.273. The Morgan fingerprint density at radius 3 is 2.48 bits per heavy atom. The molecule has 1 fully saturated rings. The number of nitrogens with zero attached hydrogens (tertiary/aromatic N) is 3. The van der Waals surface area contributed by atoms with Crippen LogP contribution in [-0.2, 0) is 11.3 Å². The van der Waals surface area contributed by atoms with Crippen LogP contribution in [0.5, 0.6) is 0 Å². The number of nitrogens with two attached hydrogens (primary N) is 1. The predicted molar refractivity (Wildman–Crippen MR) is 106 cm³/mol. The Balaban J connectivity index is 1.66. The quantitative estimate of drug-likeness (QED) is 0.760. The van der Waals surface area contributed by atoms with E-state index < -0.39 is 0 Å². The van der Waals surface area contributed by atoms with E-state index in [0.717, 1.165) is 55.0 Å². The van der Waals surface area contributed by atoms with Gasteiger partial charge in [-0.05, 0) is 31.5 Å². The Morgan fingerprint density at radius 2 is 1.78 bits per heavy atom. The molecule has 27 heavy (non-hydrogen) atoms. The van der Waals surface area contributed by atoms with E-state index in [-0.39, 0.29) is 11.8 Å². The van der Waals surface area contributed by atoms with Crippen LogP contribution >= 0.6 is 0 Å². The van der Waals surface area contributed by atoms with Crippen LogP contribution in [0.2, 0.25) is 0 Å². The van der Waals surface area contributed by atoms with Gasteiger partial charge in [-0.25, -0.2) is 4.68 Å². The number of hydrogen-bond acceptors (Lipinski definition) is 3. The van der Waals surface area contributed by atoms with Gasteiger partial charge in [0.15, 0.2) is 0 Å². The number of rotatable bonds is 5. The van der Waals surface area contributed by atoms with Crippen LogP contribution in [0.15, 0.2) is 66.9 Å². The number of piperidine rings is 1. The molecule has 0 spiro atoms. The zero-order valence-corrected chi connectivity index (χ0v) is 15.3. The van der Waals surface area contributed by atoms with Gasteiger partial charge in [-0.1, -0.05) is 48.5 Å². The molecule has 1 aliphatic heterocycles. The number of benzene rings is 2. The lowest BCUT2D eigenvalue weighted by molar-refractivity contribution is -0.123. The summed E-state index contributed by atoms with van der Waals surface area (Å²) in [6.07, 6.45) is 3.99. The Bertz CT molecular complexity index is 905. The van der Waals surface area contributed by atoms with Crippen LogP contribution in [0.25, 0.3) is 16.9 Å². The van der Waals surface area contributed by atoms with Crippen molar-refractivity contribution < 1.29 is 4.79 Å². The first-order chi connectivity index (χ1) is 13.2. The Hall–Kier alpha value is -2.92. The van der Waals surface area contributed by atoms with E-state index in [9.17, 15) is 4.79 Å². The van der Waals surface area contributed by atoms with E-state index in [4.69, 9.17) is 10.8 Å². The SMILES string of the molecule is NC(=O)[C@H]1CCCN(Cc2cn(-c3ccccc3)nc2-c2ccccc2)C1. The van der Waals surface area contributed by atoms with E-state index >= 15 is 0 Å². The maximum Gasteiger partial charge on any atom is 0.221 e. The summed E-state index contributed by atoms with van der Waals surface area (Å²) in [5.74, 6) is -0.244. The topological polar surface area (TPSA) is 64.2 Å². The first-order valence-corrected chi connectivity index (χ1v) is 9.42. The number of carbonyl (C=O) groups excluding carboxylic acids is 1. The van der Waals surface area contributed by atoms with Crippen LogP contribution in [0, 0.1) is 5.92 Å². The number of aromatic nitrogens is 2. The molecule has 5 heteroatoms. The van der Waals surface area contributed by atoms with E-state index in [1.54, 1.807) is 0 Å². The minimum atomic E-state index is -0.192. The van der Waals surface area contributed by atoms with E-state index in [0.29, 0.717) is 0 Å². The largest absolute Gasteiger partial charge is 0.369 e. The van der Waals surface area contributed by atoms with Crippen molar-refractivity contribution in [3.8, 4) is 16.9 Å². The van der Waals surface area contributed by atoms with E-state index in [2.05, 4.69) is 35.4 Å². The number of likely N-dealkylation sites (tertiary alicyclic amines) is 1. The van der Waals surface area contributed by atoms with Crippen LogP contribution in [0.1, 0.15) is 18.4 Å². The molecule has 1 aromatic heterocycles. The molecular weight excluding hydrogens is 336 g/mol. The maximum atomic E-state index is 11.6. The second-order valence-electron chi connectivity index (χ2n) is 7.13. The van der Waals surface area contributed by atoms with Gasteiger partial charge in [-0.3, -0.25) is 9.69 Å². The first kappa shape index (κ1) is 17.5. The summed E-state index contributed by atoms with van der Waals surface area (Å²) < 4.78 is 1.94. The third-order valence-corrected chi connectivity index (χ3v) is 5.16. The highest BCUT2D eigenvalue weighted by Gasteiger charge is 2.25. The monoisotopic (exact) mass is 360 g/mol. The number of para-hydroxylation sites is 1. The van der Waals surface area contributed by atoms with Gasteiger partial charge in [-0.15, -0.1) is 0 Å². The van der Waals surface area contributed by atoms with Crippen LogP contribution in [-0.4, -0.2) is 33.7 Å². The van der Waals surface area contributed by atoms with E-state index in [1.807, 2.05) is 41.1 Å². The maximum absolute atomic E-state index is 11.6. The van der Waals surface area contributed by atoms with Gasteiger partial charge >= 0.3 is 0 Å². The summed E-state index contributed by atoms with van der Waals surface area (Å²) in [5, 5.41) is 4.87. The highest BCUT2D eigenvalue weighted by Crippen LogP contribution is 2.26. The van der Waals surface area contributed by atoms with Gasteiger partial charge < -0.3 is 5.73 Å². The Kier molecular flexibility index (Phi) is 5.03. The average Bonchev–Trinajstić information content (AvgIpc) is 3.13. The molecule has 5 nitrogen and oxygen atoms in total. The molecule has 1 amide bonds. The zero-order chi connectivity index (χ0) is 18.6. The summed E-state index contributed by atoms with van der Waals surface area (Å²) >= 11 is 0. The highest BCUT2D eigenvalue weighted by molar-refractivity contribution is 5.77. The van der Waals surface area contributed by atoms with Crippen molar-refractivity contribution in [3.63, 3.8) is 0 Å². The van der Waals surface area contributed by atoms with Gasteiger partial charge in [0, 0.05) is 30.4 Å². The molecule has 138 valence electrons. The van der Waals surface area contributed by atoms with E-state index in [1.165, 1.54) is 0 Å². The standard InChI is InChI=1S/C22H24N4O/c23-22(27)18-10-7-13-25(14-18)15-19-16-26(20-11-5-2-6-12-20)24-21(19)17-8-3-1-4-9-17/h1-6,8-9,11-12,16,18H,7,10,13-15H2,(H2,23,27)/t18-/m0/s1. The molecule has 1 aliphatic rings. The number of carbonyl (C=O) groups is 1. The van der Waals surface area contributed by atoms with Crippen molar-refractivity contribution in [3.05, 3.63) is 72.4 Å². The summed E-state index contributed by atoms with van der Waals surface area (Å²) in [4.78, 5) is 13.9. The molecule has 3 aromatic rings. The molecule has 0 unspecified atom stereocenters. The van der Waals surface area contributed by atoms with Crippen LogP contribution < -0.4 is 5.73 Å². The van der Waals surface area contributed by atoms with Crippen molar-refractivity contribution in [2.45, 2.75) is 19.4 Å². The number of amides is 1. The molecule has 2 N–H and O–H groups in total. The first-order valence-electron chi connectivity index (χ1n) is 9.42. The van der Waals surface area contributed by atoms with Crippen molar-refractivity contribution in [1.29, 1.82) is 0 Å². The van der Waals surface area contributed by atoms with Crippen molar-refractivity contribution in [2.24, 2.45) is 11.7 Å². The minimum Gasteiger partial charge on any atom is -0.369 e. The van der Waals surface area contributed by atoms with Crippen molar-refractivity contribution in [2.75, 3.05) is 13.1 Å². The van der Waals surface area contributed by atoms with Gasteiger partial charge in [-0.2, -0.15) is 5.10 Å². The lowest BCUT2D eigenvalue weighted by Gasteiger charge is -2.30. The smallest absolute Gasteiger partial charge is 0.221 e. The molecule has 4 rings (SSSR count). The number of hydrogen-bond donors (Lipinski definition) is 1. The van der Waals surface area contributed by atoms with Gasteiger partial charge in [0.05, 0.1) is 17.3 Å². The molecule has 0 bridgehead atoms. The number of primary amides is 1. The normalized spacial score (nSPS) is 17.7. The summed E-state index contributed by atoms with van der Waals surface area (Å²) in [6.45, 7) is 2.47. The second-order valence-corrected chi connectivity index (χ2v) is 7.13. The minimum absolute atomic E-state index is 0.0527. The molecule has 2 heterocycles. The van der Waals surface area contributed by atoms with Gasteiger partial charge in [0.1, 0.15) is 0 Å². The fourth-order valence-electron chi connectivity index (χ4n) is 3.75. The summed E-state index contributed by atoms with van der Waals surface area (Å²) in [5.41, 5.74) is 9.83. The lowest BCUT2D eigenvalue weighted by atomic mass is 9.97. The Morgan fingerprint density at radius 1 is 1.07 bits per heavy atom. The highest BCUT2D eigenvalue weighted by atomic mass is 16.1. The van der Waals surface area contributed by atoms with Crippen LogP contribution in [0.4, 0.5) is 0 Å². The van der Waals surface area contributed by atoms with Crippen molar-refractivity contribution >= 4 is 5.91 Å². The third kappa shape index (κ3) is 3.93. The third-order valence-electron chi connectivity index (χ3n) is 5.16. The summed E-state index contributed by atoms with van der Waals surface area (Å²) in [6, 6.07) is 20.4.